The highest BCUT2D eigenvalue weighted by Gasteiger charge is 2.22. The highest BCUT2D eigenvalue weighted by atomic mass is 19.1. The molecule has 0 amide bonds. The number of hydrogen-bond acceptors (Lipinski definition) is 0. The second-order valence-corrected chi connectivity index (χ2v) is 9.16. The van der Waals surface area contributed by atoms with E-state index in [0.717, 1.165) is 40.2 Å². The van der Waals surface area contributed by atoms with E-state index in [4.69, 9.17) is 0 Å². The lowest BCUT2D eigenvalue weighted by Crippen LogP contribution is -2.13. The summed E-state index contributed by atoms with van der Waals surface area (Å²) in [6.07, 6.45) is 11.8. The van der Waals surface area contributed by atoms with E-state index in [0.29, 0.717) is 0 Å². The summed E-state index contributed by atoms with van der Waals surface area (Å²) in [6, 6.07) is 19.2. The molecule has 1 aliphatic rings. The van der Waals surface area contributed by atoms with Crippen molar-refractivity contribution in [1.82, 2.24) is 0 Å². The summed E-state index contributed by atoms with van der Waals surface area (Å²) in [5.41, 5.74) is 4.66. The van der Waals surface area contributed by atoms with Crippen LogP contribution in [0, 0.1) is 11.7 Å². The fourth-order valence-electron chi connectivity index (χ4n) is 5.20. The maximum absolute atomic E-state index is 14.6. The highest BCUT2D eigenvalue weighted by Crippen LogP contribution is 2.38. The van der Waals surface area contributed by atoms with E-state index >= 15 is 0 Å². The van der Waals surface area contributed by atoms with Gasteiger partial charge in [-0.1, -0.05) is 88.1 Å². The van der Waals surface area contributed by atoms with Gasteiger partial charge in [-0.15, -0.1) is 0 Å². The Labute approximate surface area is 181 Å². The molecule has 30 heavy (non-hydrogen) atoms. The third kappa shape index (κ3) is 4.61. The van der Waals surface area contributed by atoms with Gasteiger partial charge >= 0.3 is 0 Å². The summed E-state index contributed by atoms with van der Waals surface area (Å²) in [6.45, 7) is 4.29. The van der Waals surface area contributed by atoms with E-state index in [1.807, 2.05) is 25.1 Å². The Morgan fingerprint density at radius 2 is 1.53 bits per heavy atom. The molecule has 0 N–H and O–H groups in total. The third-order valence-corrected chi connectivity index (χ3v) is 7.19. The number of fused-ring (bicyclic) bond motifs is 1. The maximum Gasteiger partial charge on any atom is 0.134 e. The number of benzene rings is 3. The van der Waals surface area contributed by atoms with Gasteiger partial charge in [0.15, 0.2) is 0 Å². The summed E-state index contributed by atoms with van der Waals surface area (Å²) < 4.78 is 14.6. The molecule has 3 aromatic rings. The smallest absolute Gasteiger partial charge is 0.134 e. The molecular weight excluding hydrogens is 367 g/mol. The quantitative estimate of drug-likeness (QED) is 0.346. The lowest BCUT2D eigenvalue weighted by molar-refractivity contribution is 0.303. The number of halogens is 1. The fraction of sp³-hybridized carbons (Fsp3) is 0.448. The number of aryl methyl sites for hydroxylation is 1. The van der Waals surface area contributed by atoms with Gasteiger partial charge in [0, 0.05) is 5.39 Å². The van der Waals surface area contributed by atoms with Crippen LogP contribution >= 0.6 is 0 Å². The van der Waals surface area contributed by atoms with Crippen molar-refractivity contribution >= 4 is 10.8 Å². The molecule has 0 saturated heterocycles. The molecule has 4 rings (SSSR count). The average Bonchev–Trinajstić information content (AvgIpc) is 2.80. The number of unbranched alkanes of at least 4 members (excludes halogenated alkanes) is 2. The van der Waals surface area contributed by atoms with Crippen molar-refractivity contribution in [2.45, 2.75) is 77.6 Å². The Morgan fingerprint density at radius 1 is 0.800 bits per heavy atom. The summed E-state index contributed by atoms with van der Waals surface area (Å²) in [5, 5.41) is 1.71. The molecule has 0 nitrogen and oxygen atoms in total. The van der Waals surface area contributed by atoms with Crippen LogP contribution in [0.5, 0.6) is 0 Å². The summed E-state index contributed by atoms with van der Waals surface area (Å²) in [4.78, 5) is 0. The largest absolute Gasteiger partial charge is 0.206 e. The van der Waals surface area contributed by atoms with Crippen LogP contribution in [0.1, 0.15) is 82.3 Å². The predicted molar refractivity (Wildman–Crippen MR) is 128 cm³/mol. The summed E-state index contributed by atoms with van der Waals surface area (Å²) in [7, 11) is 0. The normalized spacial score (nSPS) is 19.3. The first-order chi connectivity index (χ1) is 14.7. The monoisotopic (exact) mass is 402 g/mol. The van der Waals surface area contributed by atoms with Crippen LogP contribution in [0.3, 0.4) is 0 Å². The van der Waals surface area contributed by atoms with Gasteiger partial charge in [-0.2, -0.15) is 0 Å². The Kier molecular flexibility index (Phi) is 6.87. The Bertz CT molecular complexity index is 962. The average molecular weight is 403 g/mol. The second-order valence-electron chi connectivity index (χ2n) is 9.16. The van der Waals surface area contributed by atoms with E-state index in [-0.39, 0.29) is 5.82 Å². The molecule has 1 fully saturated rings. The minimum absolute atomic E-state index is 0.0674. The number of hydrogen-bond donors (Lipinski definition) is 0. The van der Waals surface area contributed by atoms with Gasteiger partial charge < -0.3 is 0 Å². The molecule has 0 aromatic heterocycles. The van der Waals surface area contributed by atoms with Gasteiger partial charge in [0.2, 0.25) is 0 Å². The minimum atomic E-state index is -0.0674. The lowest BCUT2D eigenvalue weighted by Gasteiger charge is -2.29. The predicted octanol–water partition coefficient (Wildman–Crippen LogP) is 9.06. The van der Waals surface area contributed by atoms with Crippen molar-refractivity contribution in [3.05, 3.63) is 71.5 Å². The molecular formula is C29H35F. The topological polar surface area (TPSA) is 0 Å². The molecule has 158 valence electrons. The van der Waals surface area contributed by atoms with Gasteiger partial charge in [-0.05, 0) is 77.6 Å². The third-order valence-electron chi connectivity index (χ3n) is 7.19. The highest BCUT2D eigenvalue weighted by molar-refractivity contribution is 5.88. The lowest BCUT2D eigenvalue weighted by atomic mass is 9.77. The first-order valence-electron chi connectivity index (χ1n) is 12.0. The second kappa shape index (κ2) is 9.77. The zero-order chi connectivity index (χ0) is 20.9. The molecule has 1 aliphatic carbocycles. The fourth-order valence-corrected chi connectivity index (χ4v) is 5.20. The van der Waals surface area contributed by atoms with E-state index in [2.05, 4.69) is 43.3 Å². The van der Waals surface area contributed by atoms with Gasteiger partial charge in [0.1, 0.15) is 5.82 Å². The van der Waals surface area contributed by atoms with E-state index in [1.165, 1.54) is 62.5 Å². The summed E-state index contributed by atoms with van der Waals surface area (Å²) >= 11 is 0. The van der Waals surface area contributed by atoms with Crippen LogP contribution in [-0.4, -0.2) is 0 Å². The molecule has 0 bridgehead atoms. The molecule has 0 aliphatic heterocycles. The van der Waals surface area contributed by atoms with Crippen molar-refractivity contribution in [1.29, 1.82) is 0 Å². The molecule has 1 saturated carbocycles. The molecule has 0 spiro atoms. The zero-order valence-electron chi connectivity index (χ0n) is 18.6. The molecule has 0 radical (unpaired) electrons. The van der Waals surface area contributed by atoms with E-state index < -0.39 is 0 Å². The van der Waals surface area contributed by atoms with Gasteiger partial charge in [0.05, 0.1) is 0 Å². The van der Waals surface area contributed by atoms with Crippen LogP contribution in [0.2, 0.25) is 0 Å². The van der Waals surface area contributed by atoms with Crippen molar-refractivity contribution in [2.75, 3.05) is 0 Å². The maximum atomic E-state index is 14.6. The standard InChI is InChI=1S/C29H35F/c1-3-5-6-7-21-8-10-23(11-9-21)24-13-15-25(16-14-24)26-18-19-28-27(20-26)17-12-22(4-2)29(28)30/h12-21,23H,3-11H2,1-2H3. The van der Waals surface area contributed by atoms with Crippen molar-refractivity contribution in [3.8, 4) is 11.1 Å². The SMILES string of the molecule is CCCCCC1CCC(c2ccc(-c3ccc4c(F)c(CC)ccc4c3)cc2)CC1. The molecule has 3 aromatic carbocycles. The summed E-state index contributed by atoms with van der Waals surface area (Å²) in [5.74, 6) is 1.61. The van der Waals surface area contributed by atoms with Crippen LogP contribution in [0.4, 0.5) is 4.39 Å². The van der Waals surface area contributed by atoms with E-state index in [1.54, 1.807) is 0 Å². The zero-order valence-corrected chi connectivity index (χ0v) is 18.6. The molecule has 0 unspecified atom stereocenters. The molecule has 1 heteroatoms. The van der Waals surface area contributed by atoms with E-state index in [9.17, 15) is 4.39 Å². The van der Waals surface area contributed by atoms with Gasteiger partial charge in [-0.25, -0.2) is 4.39 Å². The number of rotatable bonds is 7. The van der Waals surface area contributed by atoms with Crippen LogP contribution in [0.15, 0.2) is 54.6 Å². The Balaban J connectivity index is 1.44. The molecule has 0 atom stereocenters. The van der Waals surface area contributed by atoms with Crippen LogP contribution < -0.4 is 0 Å². The van der Waals surface area contributed by atoms with Crippen LogP contribution in [0.25, 0.3) is 21.9 Å². The van der Waals surface area contributed by atoms with Gasteiger partial charge in [0.25, 0.3) is 0 Å². The Hall–Kier alpha value is -2.15. The first kappa shape index (κ1) is 21.1. The van der Waals surface area contributed by atoms with Crippen LogP contribution in [-0.2, 0) is 6.42 Å². The first-order valence-corrected chi connectivity index (χ1v) is 12.0. The van der Waals surface area contributed by atoms with Gasteiger partial charge in [-0.3, -0.25) is 0 Å². The van der Waals surface area contributed by atoms with Crippen molar-refractivity contribution in [2.24, 2.45) is 5.92 Å². The Morgan fingerprint density at radius 3 is 2.23 bits per heavy atom. The minimum Gasteiger partial charge on any atom is -0.206 e. The van der Waals surface area contributed by atoms with Crippen molar-refractivity contribution < 1.29 is 4.39 Å². The molecule has 0 heterocycles. The van der Waals surface area contributed by atoms with Crippen molar-refractivity contribution in [3.63, 3.8) is 0 Å².